The van der Waals surface area contributed by atoms with Gasteiger partial charge in [0.2, 0.25) is 0 Å². The van der Waals surface area contributed by atoms with Crippen molar-refractivity contribution in [1.82, 2.24) is 10.2 Å². The van der Waals surface area contributed by atoms with Crippen molar-refractivity contribution in [1.29, 1.82) is 0 Å². The Morgan fingerprint density at radius 2 is 2.00 bits per heavy atom. The molecule has 1 aliphatic rings. The molecule has 0 aromatic carbocycles. The molecule has 1 N–H and O–H groups in total. The molecule has 0 bridgehead atoms. The first-order chi connectivity index (χ1) is 7.89. The molecule has 1 aliphatic heterocycles. The molecule has 0 aliphatic carbocycles. The monoisotopic (exact) mass is 240 g/mol. The molecule has 2 nitrogen and oxygen atoms in total. The molecule has 0 amide bonds. The van der Waals surface area contributed by atoms with E-state index in [1.54, 1.807) is 0 Å². The van der Waals surface area contributed by atoms with Crippen LogP contribution in [-0.4, -0.2) is 37.1 Å². The van der Waals surface area contributed by atoms with E-state index in [0.29, 0.717) is 11.5 Å². The van der Waals surface area contributed by atoms with Crippen LogP contribution in [-0.2, 0) is 0 Å². The van der Waals surface area contributed by atoms with Crippen LogP contribution in [0.25, 0.3) is 0 Å². The third-order valence-corrected chi connectivity index (χ3v) is 3.78. The molecule has 0 aromatic heterocycles. The van der Waals surface area contributed by atoms with Crippen molar-refractivity contribution in [2.75, 3.05) is 26.2 Å². The molecule has 1 heterocycles. The summed E-state index contributed by atoms with van der Waals surface area (Å²) < 4.78 is 0. The van der Waals surface area contributed by atoms with E-state index < -0.39 is 0 Å². The van der Waals surface area contributed by atoms with Gasteiger partial charge in [-0.1, -0.05) is 34.6 Å². The van der Waals surface area contributed by atoms with Crippen molar-refractivity contribution in [2.45, 2.75) is 59.9 Å². The van der Waals surface area contributed by atoms with Gasteiger partial charge < -0.3 is 10.2 Å². The Kier molecular flexibility index (Phi) is 5.94. The maximum Gasteiger partial charge on any atom is 0.0243 e. The van der Waals surface area contributed by atoms with Crippen LogP contribution >= 0.6 is 0 Å². The van der Waals surface area contributed by atoms with Gasteiger partial charge in [-0.2, -0.15) is 0 Å². The highest BCUT2D eigenvalue weighted by Crippen LogP contribution is 2.21. The lowest BCUT2D eigenvalue weighted by molar-refractivity contribution is 0.193. The lowest BCUT2D eigenvalue weighted by atomic mass is 9.86. The van der Waals surface area contributed by atoms with Crippen LogP contribution in [0, 0.1) is 11.3 Å². The molecule has 102 valence electrons. The lowest BCUT2D eigenvalue weighted by Crippen LogP contribution is -2.46. The Balaban J connectivity index is 2.38. The predicted octanol–water partition coefficient (Wildman–Crippen LogP) is 3.13. The summed E-state index contributed by atoms with van der Waals surface area (Å²) in [6, 6.07) is 0.643. The molecule has 1 unspecified atom stereocenters. The molecule has 17 heavy (non-hydrogen) atoms. The number of nitrogens with zero attached hydrogens (tertiary/aromatic N) is 1. The second-order valence-corrected chi connectivity index (χ2v) is 7.06. The Morgan fingerprint density at radius 3 is 2.59 bits per heavy atom. The van der Waals surface area contributed by atoms with Gasteiger partial charge in [-0.05, 0) is 50.2 Å². The molecule has 2 heteroatoms. The van der Waals surface area contributed by atoms with Gasteiger partial charge in [-0.25, -0.2) is 0 Å². The predicted molar refractivity (Wildman–Crippen MR) is 76.4 cm³/mol. The van der Waals surface area contributed by atoms with E-state index in [1.165, 1.54) is 45.4 Å². The second-order valence-electron chi connectivity index (χ2n) is 7.06. The fraction of sp³-hybridized carbons (Fsp3) is 1.00. The van der Waals surface area contributed by atoms with Gasteiger partial charge in [-0.3, -0.25) is 0 Å². The van der Waals surface area contributed by atoms with Crippen LogP contribution in [0.4, 0.5) is 0 Å². The molecular weight excluding hydrogens is 208 g/mol. The Bertz CT molecular complexity index is 205. The minimum Gasteiger partial charge on any atom is -0.312 e. The molecule has 0 aromatic rings. The summed E-state index contributed by atoms with van der Waals surface area (Å²) >= 11 is 0. The molecule has 1 saturated heterocycles. The topological polar surface area (TPSA) is 15.3 Å². The van der Waals surface area contributed by atoms with Crippen LogP contribution in [0.5, 0.6) is 0 Å². The molecule has 0 saturated carbocycles. The van der Waals surface area contributed by atoms with E-state index in [0.717, 1.165) is 5.92 Å². The maximum atomic E-state index is 3.71. The summed E-state index contributed by atoms with van der Waals surface area (Å²) in [4.78, 5) is 2.66. The fourth-order valence-electron chi connectivity index (χ4n) is 2.50. The number of nitrogens with one attached hydrogen (secondary N) is 1. The number of hydrogen-bond acceptors (Lipinski definition) is 2. The largest absolute Gasteiger partial charge is 0.312 e. The van der Waals surface area contributed by atoms with E-state index >= 15 is 0 Å². The van der Waals surface area contributed by atoms with Crippen LogP contribution < -0.4 is 5.32 Å². The third kappa shape index (κ3) is 5.87. The number of hydrogen-bond donors (Lipinski definition) is 1. The van der Waals surface area contributed by atoms with Crippen molar-refractivity contribution in [3.8, 4) is 0 Å². The van der Waals surface area contributed by atoms with Gasteiger partial charge in [0.15, 0.2) is 0 Å². The highest BCUT2D eigenvalue weighted by atomic mass is 15.2. The van der Waals surface area contributed by atoms with Crippen LogP contribution in [0.1, 0.15) is 53.9 Å². The summed E-state index contributed by atoms with van der Waals surface area (Å²) in [6.45, 7) is 16.7. The molecule has 1 rings (SSSR count). The fourth-order valence-corrected chi connectivity index (χ4v) is 2.50. The van der Waals surface area contributed by atoms with Crippen molar-refractivity contribution in [2.24, 2.45) is 11.3 Å². The van der Waals surface area contributed by atoms with Gasteiger partial charge in [0.05, 0.1) is 0 Å². The average molecular weight is 240 g/mol. The minimum atomic E-state index is 0.376. The molecular formula is C15H32N2. The van der Waals surface area contributed by atoms with Crippen molar-refractivity contribution >= 4 is 0 Å². The highest BCUT2D eigenvalue weighted by Gasteiger charge is 2.27. The molecule has 1 fully saturated rings. The van der Waals surface area contributed by atoms with Crippen LogP contribution in [0.2, 0.25) is 0 Å². The van der Waals surface area contributed by atoms with Gasteiger partial charge in [0, 0.05) is 12.6 Å². The zero-order valence-corrected chi connectivity index (χ0v) is 12.6. The quantitative estimate of drug-likeness (QED) is 0.812. The van der Waals surface area contributed by atoms with E-state index in [4.69, 9.17) is 0 Å². The maximum absolute atomic E-state index is 3.71. The van der Waals surface area contributed by atoms with Gasteiger partial charge in [-0.15, -0.1) is 0 Å². The van der Waals surface area contributed by atoms with Crippen molar-refractivity contribution in [3.05, 3.63) is 0 Å². The summed E-state index contributed by atoms with van der Waals surface area (Å²) in [5, 5.41) is 3.71. The summed E-state index contributed by atoms with van der Waals surface area (Å²) in [7, 11) is 0. The standard InChI is InChI=1S/C15H32N2/c1-13(2)8-6-10-17-11-7-9-16-14(12-17)15(3,4)5/h13-14,16H,6-12H2,1-5H3. The summed E-state index contributed by atoms with van der Waals surface area (Å²) in [6.07, 6.45) is 4.02. The smallest absolute Gasteiger partial charge is 0.0243 e. The first kappa shape index (κ1) is 15.0. The van der Waals surface area contributed by atoms with E-state index in [9.17, 15) is 0 Å². The Labute approximate surface area is 108 Å². The first-order valence-electron chi connectivity index (χ1n) is 7.35. The molecule has 0 radical (unpaired) electrons. The average Bonchev–Trinajstić information content (AvgIpc) is 2.41. The molecule has 1 atom stereocenters. The first-order valence-corrected chi connectivity index (χ1v) is 7.35. The summed E-state index contributed by atoms with van der Waals surface area (Å²) in [5.41, 5.74) is 0.376. The minimum absolute atomic E-state index is 0.376. The zero-order chi connectivity index (χ0) is 12.9. The molecule has 0 spiro atoms. The van der Waals surface area contributed by atoms with E-state index in [1.807, 2.05) is 0 Å². The number of rotatable bonds is 4. The van der Waals surface area contributed by atoms with Crippen molar-refractivity contribution in [3.63, 3.8) is 0 Å². The van der Waals surface area contributed by atoms with Gasteiger partial charge >= 0.3 is 0 Å². The second kappa shape index (κ2) is 6.75. The van der Waals surface area contributed by atoms with Gasteiger partial charge in [0.1, 0.15) is 0 Å². The van der Waals surface area contributed by atoms with Crippen molar-refractivity contribution < 1.29 is 0 Å². The van der Waals surface area contributed by atoms with E-state index in [-0.39, 0.29) is 0 Å². The zero-order valence-electron chi connectivity index (χ0n) is 12.6. The Morgan fingerprint density at radius 1 is 1.29 bits per heavy atom. The third-order valence-electron chi connectivity index (χ3n) is 3.78. The Hall–Kier alpha value is -0.0800. The van der Waals surface area contributed by atoms with Gasteiger partial charge in [0.25, 0.3) is 0 Å². The SMILES string of the molecule is CC(C)CCCN1CCCNC(C(C)(C)C)C1. The van der Waals surface area contributed by atoms with E-state index in [2.05, 4.69) is 44.8 Å². The highest BCUT2D eigenvalue weighted by molar-refractivity contribution is 4.85. The normalized spacial score (nSPS) is 24.0. The lowest BCUT2D eigenvalue weighted by Gasteiger charge is -2.33. The van der Waals surface area contributed by atoms with Crippen LogP contribution in [0.3, 0.4) is 0 Å². The van der Waals surface area contributed by atoms with Crippen LogP contribution in [0.15, 0.2) is 0 Å². The summed E-state index contributed by atoms with van der Waals surface area (Å²) in [5.74, 6) is 0.846.